The van der Waals surface area contributed by atoms with Crippen molar-refractivity contribution >= 4 is 8.81 Å². The highest BCUT2D eigenvalue weighted by atomic mass is 31.1. The van der Waals surface area contributed by atoms with E-state index in [9.17, 15) is 4.89 Å². The monoisotopic (exact) mass is 232 g/mol. The van der Waals surface area contributed by atoms with E-state index in [1.165, 1.54) is 70.6 Å². The molecule has 1 unspecified atom stereocenters. The first-order valence-electron chi connectivity index (χ1n) is 6.85. The number of hydrogen-bond acceptors (Lipinski definition) is 1. The van der Waals surface area contributed by atoms with E-state index in [-0.39, 0.29) is 0 Å². The van der Waals surface area contributed by atoms with Crippen molar-refractivity contribution in [3.05, 3.63) is 0 Å². The SMILES string of the molecule is CCCCCCCCCCCCC[PH2+][O-]. The summed E-state index contributed by atoms with van der Waals surface area (Å²) in [5.41, 5.74) is 0. The normalized spacial score (nSPS) is 11.6. The van der Waals surface area contributed by atoms with Crippen molar-refractivity contribution < 1.29 is 4.89 Å². The smallest absolute Gasteiger partial charge is 0.0493 e. The lowest BCUT2D eigenvalue weighted by atomic mass is 10.1. The van der Waals surface area contributed by atoms with Crippen LogP contribution in [0, 0.1) is 0 Å². The molecule has 0 aromatic carbocycles. The van der Waals surface area contributed by atoms with Gasteiger partial charge in [0.15, 0.2) is 0 Å². The van der Waals surface area contributed by atoms with E-state index in [4.69, 9.17) is 0 Å². The molecule has 0 aromatic heterocycles. The Morgan fingerprint density at radius 1 is 0.667 bits per heavy atom. The average Bonchev–Trinajstić information content (AvgIpc) is 2.26. The molecular formula is C13H29OP. The van der Waals surface area contributed by atoms with Crippen LogP contribution in [-0.4, -0.2) is 6.16 Å². The first-order chi connectivity index (χ1) is 7.41. The summed E-state index contributed by atoms with van der Waals surface area (Å²) in [6.07, 6.45) is 16.1. The Hall–Kier alpha value is 0.390. The van der Waals surface area contributed by atoms with Gasteiger partial charge in [-0.15, -0.1) is 0 Å². The topological polar surface area (TPSA) is 23.1 Å². The predicted octanol–water partition coefficient (Wildman–Crippen LogP) is 3.98. The number of unbranched alkanes of at least 4 members (excludes halogenated alkanes) is 10. The second kappa shape index (κ2) is 14.4. The zero-order valence-corrected chi connectivity index (χ0v) is 11.6. The van der Waals surface area contributed by atoms with Crippen molar-refractivity contribution in [1.29, 1.82) is 0 Å². The van der Waals surface area contributed by atoms with Gasteiger partial charge in [-0.1, -0.05) is 73.5 Å². The quantitative estimate of drug-likeness (QED) is 0.368. The molecule has 0 rings (SSSR count). The molecule has 0 fully saturated rings. The minimum Gasteiger partial charge on any atom is -0.683 e. The number of hydrogen-bond donors (Lipinski definition) is 0. The third-order valence-corrected chi connectivity index (χ3v) is 3.57. The molecule has 0 aliphatic carbocycles. The summed E-state index contributed by atoms with van der Waals surface area (Å²) >= 11 is 0. The Morgan fingerprint density at radius 2 is 1.07 bits per heavy atom. The van der Waals surface area contributed by atoms with E-state index >= 15 is 0 Å². The van der Waals surface area contributed by atoms with Crippen molar-refractivity contribution in [3.63, 3.8) is 0 Å². The van der Waals surface area contributed by atoms with E-state index in [1.54, 1.807) is 0 Å². The molecule has 0 heterocycles. The van der Waals surface area contributed by atoms with Crippen molar-refractivity contribution in [2.75, 3.05) is 6.16 Å². The molecular weight excluding hydrogens is 203 g/mol. The number of rotatable bonds is 12. The zero-order valence-electron chi connectivity index (χ0n) is 10.5. The second-order valence-corrected chi connectivity index (χ2v) is 5.40. The van der Waals surface area contributed by atoms with Crippen LogP contribution in [0.25, 0.3) is 0 Å². The lowest BCUT2D eigenvalue weighted by Gasteiger charge is -2.01. The molecule has 1 nitrogen and oxygen atoms in total. The minimum atomic E-state index is -0.486. The highest BCUT2D eigenvalue weighted by molar-refractivity contribution is 7.29. The molecule has 0 N–H and O–H groups in total. The van der Waals surface area contributed by atoms with E-state index in [1.807, 2.05) is 0 Å². The van der Waals surface area contributed by atoms with Crippen molar-refractivity contribution in [2.24, 2.45) is 0 Å². The van der Waals surface area contributed by atoms with Gasteiger partial charge in [0.2, 0.25) is 0 Å². The van der Waals surface area contributed by atoms with Crippen LogP contribution < -0.4 is 4.89 Å². The summed E-state index contributed by atoms with van der Waals surface area (Å²) in [5.74, 6) is 0. The first kappa shape index (κ1) is 15.4. The van der Waals surface area contributed by atoms with E-state index in [2.05, 4.69) is 6.92 Å². The summed E-state index contributed by atoms with van der Waals surface area (Å²) in [7, 11) is -0.486. The van der Waals surface area contributed by atoms with E-state index in [0.717, 1.165) is 6.16 Å². The third kappa shape index (κ3) is 14.4. The molecule has 0 spiro atoms. The molecule has 92 valence electrons. The lowest BCUT2D eigenvalue weighted by molar-refractivity contribution is -0.150. The summed E-state index contributed by atoms with van der Waals surface area (Å²) in [4.78, 5) is 10.3. The second-order valence-electron chi connectivity index (χ2n) is 4.49. The fourth-order valence-corrected chi connectivity index (χ4v) is 2.35. The Balaban J connectivity index is 2.81. The Labute approximate surface area is 97.9 Å². The Morgan fingerprint density at radius 3 is 1.47 bits per heavy atom. The van der Waals surface area contributed by atoms with Gasteiger partial charge in [0.25, 0.3) is 0 Å². The third-order valence-electron chi connectivity index (χ3n) is 2.93. The fourth-order valence-electron chi connectivity index (χ4n) is 1.89. The first-order valence-corrected chi connectivity index (χ1v) is 8.14. The summed E-state index contributed by atoms with van der Waals surface area (Å²) in [6.45, 7) is 2.27. The van der Waals surface area contributed by atoms with E-state index in [0.29, 0.717) is 0 Å². The van der Waals surface area contributed by atoms with Crippen LogP contribution in [0.2, 0.25) is 0 Å². The minimum absolute atomic E-state index is 0.486. The maximum Gasteiger partial charge on any atom is 0.0493 e. The molecule has 0 amide bonds. The van der Waals surface area contributed by atoms with Crippen LogP contribution in [0.1, 0.15) is 77.6 Å². The van der Waals surface area contributed by atoms with Crippen LogP contribution >= 0.6 is 8.81 Å². The Kier molecular flexibility index (Phi) is 14.8. The van der Waals surface area contributed by atoms with Crippen LogP contribution in [0.5, 0.6) is 0 Å². The molecule has 1 atom stereocenters. The van der Waals surface area contributed by atoms with Crippen LogP contribution in [-0.2, 0) is 0 Å². The molecule has 0 saturated carbocycles. The maximum atomic E-state index is 10.3. The summed E-state index contributed by atoms with van der Waals surface area (Å²) < 4.78 is 0. The van der Waals surface area contributed by atoms with Gasteiger partial charge in [-0.25, -0.2) is 0 Å². The van der Waals surface area contributed by atoms with Crippen LogP contribution in [0.4, 0.5) is 0 Å². The molecule has 0 aromatic rings. The summed E-state index contributed by atoms with van der Waals surface area (Å²) in [6, 6.07) is 0. The van der Waals surface area contributed by atoms with Crippen molar-refractivity contribution in [1.82, 2.24) is 0 Å². The van der Waals surface area contributed by atoms with Gasteiger partial charge in [0, 0.05) is 6.16 Å². The Bertz CT molecular complexity index is 94.7. The largest absolute Gasteiger partial charge is 0.683 e. The summed E-state index contributed by atoms with van der Waals surface area (Å²) in [5, 5.41) is 0. The van der Waals surface area contributed by atoms with Gasteiger partial charge < -0.3 is 4.89 Å². The van der Waals surface area contributed by atoms with Gasteiger partial charge in [-0.2, -0.15) is 0 Å². The lowest BCUT2D eigenvalue weighted by Crippen LogP contribution is -1.87. The highest BCUT2D eigenvalue weighted by Gasteiger charge is 1.92. The molecule has 15 heavy (non-hydrogen) atoms. The van der Waals surface area contributed by atoms with E-state index < -0.39 is 8.81 Å². The zero-order chi connectivity index (χ0) is 11.2. The molecule has 0 bridgehead atoms. The van der Waals surface area contributed by atoms with Crippen LogP contribution in [0.15, 0.2) is 0 Å². The van der Waals surface area contributed by atoms with Gasteiger partial charge in [-0.3, -0.25) is 0 Å². The molecule has 2 heteroatoms. The standard InChI is InChI=1S/C13H29OP/c1-2-3-4-5-6-7-8-9-10-11-12-13-15-14/h2-13,15H2,1H3. The molecule has 0 radical (unpaired) electrons. The predicted molar refractivity (Wildman–Crippen MR) is 71.0 cm³/mol. The molecule has 0 aliphatic rings. The maximum absolute atomic E-state index is 10.3. The fraction of sp³-hybridized carbons (Fsp3) is 1.00. The molecule has 0 aliphatic heterocycles. The van der Waals surface area contributed by atoms with Crippen LogP contribution in [0.3, 0.4) is 0 Å². The van der Waals surface area contributed by atoms with Crippen molar-refractivity contribution in [2.45, 2.75) is 77.6 Å². The van der Waals surface area contributed by atoms with Gasteiger partial charge in [-0.05, 0) is 12.8 Å². The average molecular weight is 232 g/mol. The highest BCUT2D eigenvalue weighted by Crippen LogP contribution is 2.12. The molecule has 0 saturated heterocycles. The van der Waals surface area contributed by atoms with Crippen molar-refractivity contribution in [3.8, 4) is 0 Å². The van der Waals surface area contributed by atoms with Gasteiger partial charge >= 0.3 is 0 Å². The van der Waals surface area contributed by atoms with Gasteiger partial charge in [0.1, 0.15) is 0 Å². The van der Waals surface area contributed by atoms with Gasteiger partial charge in [0.05, 0.1) is 0 Å².